The smallest absolute Gasteiger partial charge is 0.161 e. The van der Waals surface area contributed by atoms with Gasteiger partial charge in [-0.1, -0.05) is 81.8 Å². The maximum Gasteiger partial charge on any atom is 0.161 e. The van der Waals surface area contributed by atoms with Crippen molar-refractivity contribution in [1.29, 1.82) is 0 Å². The van der Waals surface area contributed by atoms with Crippen LogP contribution in [0.25, 0.3) is 0 Å². The maximum atomic E-state index is 14.1. The lowest BCUT2D eigenvalue weighted by atomic mass is 9.79. The van der Waals surface area contributed by atoms with Crippen molar-refractivity contribution in [3.8, 4) is 57.5 Å². The highest BCUT2D eigenvalue weighted by Gasteiger charge is 2.45. The van der Waals surface area contributed by atoms with Crippen LogP contribution in [0.4, 0.5) is 0 Å². The van der Waals surface area contributed by atoms with Crippen LogP contribution in [-0.2, 0) is 55.9 Å². The van der Waals surface area contributed by atoms with E-state index in [2.05, 4.69) is 18.7 Å². The number of carbonyl (C=O) groups is 5. The average molecular weight is 1700 g/mol. The van der Waals surface area contributed by atoms with Gasteiger partial charge in [0.1, 0.15) is 28.9 Å². The predicted molar refractivity (Wildman–Crippen MR) is 460 cm³/mol. The molecule has 10 heterocycles. The standard InChI is InChI=1S/2C20H29NO3.3C19H27NO3/c2*1-5-13(2)8-15-12-21-7-6-14-9-19(23-3)20(24-4)10-16(14)17(21)11-18(15)22;3*1-12(2)7-14-11-20-6-5-13-8-18(22-3)19(23-4)9-15(13)16(20)10-17(14)21/h2*9-10,13,15,17H,5-8,11-12H2,1-4H3;3*8-9,12,14,16H,5-7,10-11H2,1-4H3/i2D3,3D3,4D3,5D2,6D2,7D2,8D2,11D2,12D2,13D,15D,17D;2D3,3D3,4D3,5D2,6D2,7D2,8D2,12D2,13D,17D;3D3,4D3,5D2,6D2,10D2,11D2,14D,16D;3D3,4D3,5D2,6D2,11D2,16D;3D3,4D3,8D,9D. The number of hydrogen-bond donors (Lipinski definition) is 0. The van der Waals surface area contributed by atoms with Crippen LogP contribution in [0.3, 0.4) is 0 Å². The fourth-order valence-corrected chi connectivity index (χ4v) is 13.5. The van der Waals surface area contributed by atoms with Crippen LogP contribution in [0.1, 0.15) is 344 Å². The zero-order valence-corrected chi connectivity index (χ0v) is 63.9. The number of nitrogens with zero attached hydrogens (tertiary/aromatic N) is 5. The Balaban J connectivity index is 0.000000230. The molecule has 0 aromatic heterocycles. The predicted octanol–water partition coefficient (Wildman–Crippen LogP) is 17.0. The van der Waals surface area contributed by atoms with Crippen molar-refractivity contribution in [2.75, 3.05) is 135 Å². The fourth-order valence-electron chi connectivity index (χ4n) is 13.5. The molecule has 10 aliphatic heterocycles. The van der Waals surface area contributed by atoms with Crippen molar-refractivity contribution in [1.82, 2.24) is 24.5 Å². The minimum atomic E-state index is -4.67. The minimum absolute atomic E-state index is 0.0309. The third-order valence-electron chi connectivity index (χ3n) is 19.0. The Morgan fingerprint density at radius 2 is 0.761 bits per heavy atom. The first-order valence-electron chi connectivity index (χ1n) is 76.9. The third kappa shape index (κ3) is 21.0. The Morgan fingerprint density at radius 1 is 0.402 bits per heavy atom. The summed E-state index contributed by atoms with van der Waals surface area (Å²) in [4.78, 5) is 68.8. The van der Waals surface area contributed by atoms with Crippen LogP contribution in [0.2, 0.25) is 0 Å². The summed E-state index contributed by atoms with van der Waals surface area (Å²) in [7, 11) is -32.1. The van der Waals surface area contributed by atoms with Crippen LogP contribution >= 0.6 is 0 Å². The summed E-state index contributed by atoms with van der Waals surface area (Å²) < 4.78 is 715. The van der Waals surface area contributed by atoms with E-state index in [1.807, 2.05) is 0 Å². The van der Waals surface area contributed by atoms with Crippen molar-refractivity contribution >= 4 is 28.9 Å². The molecule has 5 fully saturated rings. The number of ether oxygens (including phenoxy) is 10. The number of piperidine rings is 5. The highest BCUT2D eigenvalue weighted by Crippen LogP contribution is 2.49. The molecule has 0 N–H and O–H groups in total. The summed E-state index contributed by atoms with van der Waals surface area (Å²) >= 11 is 0. The zero-order chi connectivity index (χ0) is 156. The van der Waals surface area contributed by atoms with Gasteiger partial charge in [0.25, 0.3) is 0 Å². The molecule has 12 unspecified atom stereocenters. The minimum Gasteiger partial charge on any atom is -0.493 e. The van der Waals surface area contributed by atoms with E-state index in [0.29, 0.717) is 85.6 Å². The molecule has 0 spiro atoms. The third-order valence-corrected chi connectivity index (χ3v) is 19.0. The van der Waals surface area contributed by atoms with Gasteiger partial charge in [-0.2, -0.15) is 0 Å². The van der Waals surface area contributed by atoms with Gasteiger partial charge in [0.05, 0.1) is 120 Å². The van der Waals surface area contributed by atoms with Crippen molar-refractivity contribution in [3.63, 3.8) is 0 Å². The van der Waals surface area contributed by atoms with Gasteiger partial charge in [-0.3, -0.25) is 48.5 Å². The van der Waals surface area contributed by atoms with E-state index in [1.54, 1.807) is 13.8 Å². The van der Waals surface area contributed by atoms with Gasteiger partial charge in [-0.05, 0) is 210 Å². The highest BCUT2D eigenvalue weighted by atomic mass is 16.5. The van der Waals surface area contributed by atoms with Gasteiger partial charge in [0, 0.05) is 220 Å². The number of Topliss-reactive ketones (excluding diaryl/α,β-unsaturated/α-hetero) is 5. The molecule has 5 aromatic carbocycles. The lowest BCUT2D eigenvalue weighted by Crippen LogP contribution is -2.46. The van der Waals surface area contributed by atoms with Crippen LogP contribution in [0.5, 0.6) is 57.5 Å². The van der Waals surface area contributed by atoms with Crippen molar-refractivity contribution < 1.29 is 184 Å². The summed E-state index contributed by atoms with van der Waals surface area (Å²) in [6, 6.07) is -9.72. The van der Waals surface area contributed by atoms with E-state index in [-0.39, 0.29) is 58.4 Å². The fraction of sp³-hybridized carbons (Fsp3) is 0.639. The van der Waals surface area contributed by atoms with Gasteiger partial charge >= 0.3 is 0 Å². The van der Waals surface area contributed by atoms with E-state index in [0.717, 1.165) is 18.6 Å². The Labute approximate surface area is 814 Å². The molecule has 0 bridgehead atoms. The molecule has 0 radical (unpaired) electrons. The van der Waals surface area contributed by atoms with Crippen LogP contribution < -0.4 is 47.4 Å². The van der Waals surface area contributed by atoms with Crippen molar-refractivity contribution in [2.45, 2.75) is 208 Å². The van der Waals surface area contributed by atoms with Gasteiger partial charge in [-0.15, -0.1) is 0 Å². The molecule has 12 atom stereocenters. The van der Waals surface area contributed by atoms with E-state index >= 15 is 0 Å². The second-order valence-corrected chi connectivity index (χ2v) is 28.1. The highest BCUT2D eigenvalue weighted by molar-refractivity contribution is 5.86. The molecule has 20 heteroatoms. The van der Waals surface area contributed by atoms with Gasteiger partial charge in [-0.25, -0.2) is 0 Å². The van der Waals surface area contributed by atoms with Gasteiger partial charge < -0.3 is 47.4 Å². The summed E-state index contributed by atoms with van der Waals surface area (Å²) in [6.45, 7) is -24.7. The number of rotatable bonds is 22. The van der Waals surface area contributed by atoms with Crippen LogP contribution in [-0.4, -0.2) is 189 Å². The summed E-state index contributed by atoms with van der Waals surface area (Å²) in [5.41, 5.74) is -6.20. The number of ketones is 5. The Bertz CT molecular complexity index is 8020. The molecule has 15 rings (SSSR count). The number of benzene rings is 5. The molecule has 0 saturated carbocycles. The van der Waals surface area contributed by atoms with Crippen molar-refractivity contribution in [2.24, 2.45) is 59.1 Å². The molecule has 117 heavy (non-hydrogen) atoms. The van der Waals surface area contributed by atoms with E-state index in [9.17, 15) is 26.7 Å². The lowest BCUT2D eigenvalue weighted by molar-refractivity contribution is -0.130. The Morgan fingerprint density at radius 3 is 1.19 bits per heavy atom. The van der Waals surface area contributed by atoms with Crippen molar-refractivity contribution in [3.05, 3.63) is 116 Å². The molecular formula is C97H139N5O15. The maximum absolute atomic E-state index is 14.1. The number of aryl methyl sites for hydroxylation is 4. The molecule has 5 saturated heterocycles. The molecular weight excluding hydrogens is 1480 g/mol. The largest absolute Gasteiger partial charge is 0.493 e. The molecule has 5 aromatic rings. The SMILES string of the molecule is [2H]C([2H])([2H])Oc1cc2c(cc1OC([2H])([2H])[2H])C([2H])([2H])C([2H])([2H])N1C2([2H])CC(=O)C(C([2H])([2H])C([2H])(C([2H])([2H])[2H])C([2H])([2H])C)C1([2H])[2H].[2H]C([2H])([2H])Oc1cc2c(cc1OC([2H])([2H])[2H])C([2H])([2H])C([2H])([2H])N1C2([2H])CC(=O)C(CC(C)C)C1([2H])[2H].[2H]C([2H])([2H])Oc1cc2c(cc1OC([2H])([2H])[2H])C1([2H])N(C([2H])([2H])C([2H])(CC(C)C)C(=O)C1([2H])[2H])C([2H])([2H])C2([2H])[2H].[2H]C([2H])([2H])Oc1cc2c(cc1OC([2H])([2H])[2H])C1([2H])N(C([2H])([2H])C2([2H])[2H])C([2H])([2H])C([2H])(C([2H])([2H])C([2H])(C([2H])([2H])[2H])C([2H])([2H])C)C(=O)C1([2H])[2H].[2H]c1c2c(c([2H])c(OC([2H])([2H])[2H])c1OC([2H])([2H])[2H])C1CC(=O)C(CC(C)C)CN1CC2. The molecule has 0 aliphatic carbocycles. The molecule has 642 valence electrons. The topological polar surface area (TPSA) is 194 Å². The Hall–Kier alpha value is -7.75. The quantitative estimate of drug-likeness (QED) is 0.0634. The first-order chi connectivity index (χ1) is 87.4. The second kappa shape index (κ2) is 41.0. The summed E-state index contributed by atoms with van der Waals surface area (Å²) in [5, 5.41) is 0. The molecule has 0 amide bonds. The van der Waals surface area contributed by atoms with Crippen LogP contribution in [0.15, 0.2) is 60.6 Å². The number of carbonyl (C=O) groups excluding carboxylic acids is 5. The second-order valence-electron chi connectivity index (χ2n) is 28.1. The molecule has 20 nitrogen and oxygen atoms in total. The number of hydrogen-bond acceptors (Lipinski definition) is 20. The summed E-state index contributed by atoms with van der Waals surface area (Å²) in [5.74, 6) is -35.7. The van der Waals surface area contributed by atoms with E-state index < -0.39 is 421 Å². The average Bonchev–Trinajstić information content (AvgIpc) is 0.635. The Kier molecular flexibility index (Phi) is 11.1. The van der Waals surface area contributed by atoms with Gasteiger partial charge in [0.15, 0.2) is 57.5 Å². The summed E-state index contributed by atoms with van der Waals surface area (Å²) in [6.07, 6.45) is -38.4. The number of fused-ring (bicyclic) bond motifs is 15. The molecule has 10 aliphatic rings. The number of methoxy groups -OCH3 is 10. The first-order valence-corrected chi connectivity index (χ1v) is 35.9. The lowest BCUT2D eigenvalue weighted by Gasteiger charge is -2.43. The van der Waals surface area contributed by atoms with E-state index in [4.69, 9.17) is 157 Å². The monoisotopic (exact) mass is 1700 g/mol. The van der Waals surface area contributed by atoms with E-state index in [1.165, 1.54) is 13.8 Å². The normalized spacial score (nSPS) is 47.0. The van der Waals surface area contributed by atoms with Gasteiger partial charge in [0.2, 0.25) is 0 Å². The zero-order valence-electron chi connectivity index (χ0n) is 146. The van der Waals surface area contributed by atoms with Crippen LogP contribution in [0, 0.1) is 59.1 Å². The first kappa shape index (κ1) is 31.6.